The van der Waals surface area contributed by atoms with E-state index in [1.54, 1.807) is 12.1 Å². The van der Waals surface area contributed by atoms with Gasteiger partial charge in [-0.1, -0.05) is 43.2 Å². The van der Waals surface area contributed by atoms with Gasteiger partial charge in [-0.3, -0.25) is 0 Å². The second-order valence-corrected chi connectivity index (χ2v) is 9.57. The molecule has 0 radical (unpaired) electrons. The molecular formula is C21H28N2O2S. The van der Waals surface area contributed by atoms with E-state index in [0.29, 0.717) is 4.90 Å². The topological polar surface area (TPSA) is 49.4 Å². The molecule has 4 nitrogen and oxygen atoms in total. The minimum absolute atomic E-state index is 0.0475. The molecule has 1 aliphatic heterocycles. The van der Waals surface area contributed by atoms with Crippen molar-refractivity contribution in [2.75, 3.05) is 19.6 Å². The molecule has 2 aromatic carbocycles. The average Bonchev–Trinajstić information content (AvgIpc) is 3.16. The molecule has 0 aromatic heterocycles. The lowest BCUT2D eigenvalue weighted by molar-refractivity contribution is 0.180. The van der Waals surface area contributed by atoms with Crippen LogP contribution in [0.5, 0.6) is 0 Å². The maximum Gasteiger partial charge on any atom is 0.240 e. The molecule has 0 atom stereocenters. The van der Waals surface area contributed by atoms with Gasteiger partial charge >= 0.3 is 0 Å². The standard InChI is InChI=1S/C21H28N2O2S/c24-26(25,21-10-9-18-7-3-4-8-19(18)15-21)22-20-11-13-23(14-12-20)16-17-5-1-2-6-17/h3-4,7-10,15,17,20,22H,1-2,5-6,11-14,16H2. The summed E-state index contributed by atoms with van der Waals surface area (Å²) in [6, 6.07) is 13.3. The number of rotatable bonds is 5. The summed E-state index contributed by atoms with van der Waals surface area (Å²) in [7, 11) is -3.46. The molecule has 1 saturated heterocycles. The smallest absolute Gasteiger partial charge is 0.240 e. The lowest BCUT2D eigenvalue weighted by Gasteiger charge is -2.33. The van der Waals surface area contributed by atoms with E-state index in [0.717, 1.165) is 42.6 Å². The molecule has 2 fully saturated rings. The van der Waals surface area contributed by atoms with Gasteiger partial charge in [0, 0.05) is 12.6 Å². The first kappa shape index (κ1) is 18.0. The van der Waals surface area contributed by atoms with Gasteiger partial charge in [-0.15, -0.1) is 0 Å². The molecule has 0 spiro atoms. The van der Waals surface area contributed by atoms with Gasteiger partial charge in [-0.2, -0.15) is 0 Å². The van der Waals surface area contributed by atoms with Crippen LogP contribution in [-0.2, 0) is 10.0 Å². The largest absolute Gasteiger partial charge is 0.303 e. The van der Waals surface area contributed by atoms with E-state index in [4.69, 9.17) is 0 Å². The highest BCUT2D eigenvalue weighted by atomic mass is 32.2. The molecule has 26 heavy (non-hydrogen) atoms. The number of nitrogens with one attached hydrogen (secondary N) is 1. The first-order chi connectivity index (χ1) is 12.6. The summed E-state index contributed by atoms with van der Waals surface area (Å²) < 4.78 is 28.5. The van der Waals surface area contributed by atoms with E-state index >= 15 is 0 Å². The summed E-state index contributed by atoms with van der Waals surface area (Å²) in [5, 5.41) is 2.02. The van der Waals surface area contributed by atoms with Gasteiger partial charge in [-0.05, 0) is 67.6 Å². The highest BCUT2D eigenvalue weighted by Gasteiger charge is 2.26. The summed E-state index contributed by atoms with van der Waals surface area (Å²) in [4.78, 5) is 2.89. The van der Waals surface area contributed by atoms with E-state index < -0.39 is 10.0 Å². The van der Waals surface area contributed by atoms with Gasteiger partial charge in [0.25, 0.3) is 0 Å². The van der Waals surface area contributed by atoms with Gasteiger partial charge in [0.15, 0.2) is 0 Å². The molecule has 140 valence electrons. The summed E-state index contributed by atoms with van der Waals surface area (Å²) in [5.74, 6) is 0.862. The van der Waals surface area contributed by atoms with Crippen LogP contribution in [0.2, 0.25) is 0 Å². The minimum Gasteiger partial charge on any atom is -0.303 e. The molecule has 1 N–H and O–H groups in total. The van der Waals surface area contributed by atoms with Crippen LogP contribution in [0.1, 0.15) is 38.5 Å². The summed E-state index contributed by atoms with van der Waals surface area (Å²) in [6.07, 6.45) is 7.31. The zero-order valence-corrected chi connectivity index (χ0v) is 16.0. The number of benzene rings is 2. The molecule has 4 rings (SSSR count). The van der Waals surface area contributed by atoms with Gasteiger partial charge in [0.1, 0.15) is 0 Å². The number of sulfonamides is 1. The fourth-order valence-electron chi connectivity index (χ4n) is 4.41. The van der Waals surface area contributed by atoms with Crippen molar-refractivity contribution in [3.05, 3.63) is 42.5 Å². The summed E-state index contributed by atoms with van der Waals surface area (Å²) in [5.41, 5.74) is 0. The van der Waals surface area contributed by atoms with Crippen LogP contribution in [0.25, 0.3) is 10.8 Å². The van der Waals surface area contributed by atoms with Crippen LogP contribution in [0, 0.1) is 5.92 Å². The van der Waals surface area contributed by atoms with Crippen LogP contribution in [0.15, 0.2) is 47.4 Å². The van der Waals surface area contributed by atoms with Crippen molar-refractivity contribution < 1.29 is 8.42 Å². The van der Waals surface area contributed by atoms with E-state index in [2.05, 4.69) is 9.62 Å². The zero-order chi connectivity index (χ0) is 18.0. The predicted octanol–water partition coefficient (Wildman–Crippen LogP) is 3.77. The molecule has 0 bridgehead atoms. The van der Waals surface area contributed by atoms with Crippen molar-refractivity contribution in [1.29, 1.82) is 0 Å². The summed E-state index contributed by atoms with van der Waals surface area (Å²) in [6.45, 7) is 3.20. The fraction of sp³-hybridized carbons (Fsp3) is 0.524. The Morgan fingerprint density at radius 2 is 1.62 bits per heavy atom. The van der Waals surface area contributed by atoms with Crippen molar-refractivity contribution in [3.8, 4) is 0 Å². The zero-order valence-electron chi connectivity index (χ0n) is 15.2. The number of fused-ring (bicyclic) bond motifs is 1. The molecule has 5 heteroatoms. The van der Waals surface area contributed by atoms with Gasteiger partial charge < -0.3 is 4.90 Å². The third kappa shape index (κ3) is 4.11. The molecular weight excluding hydrogens is 344 g/mol. The number of hydrogen-bond acceptors (Lipinski definition) is 3. The first-order valence-electron chi connectivity index (χ1n) is 9.84. The molecule has 1 heterocycles. The third-order valence-electron chi connectivity index (χ3n) is 5.93. The Hall–Kier alpha value is -1.43. The van der Waals surface area contributed by atoms with E-state index in [-0.39, 0.29) is 6.04 Å². The molecule has 0 amide bonds. The van der Waals surface area contributed by atoms with Crippen LogP contribution >= 0.6 is 0 Å². The molecule has 1 aliphatic carbocycles. The van der Waals surface area contributed by atoms with E-state index in [1.165, 1.54) is 32.2 Å². The number of nitrogens with zero attached hydrogens (tertiary/aromatic N) is 1. The third-order valence-corrected chi connectivity index (χ3v) is 7.45. The van der Waals surface area contributed by atoms with Crippen molar-refractivity contribution >= 4 is 20.8 Å². The Labute approximate surface area is 156 Å². The Balaban J connectivity index is 1.37. The maximum atomic E-state index is 12.8. The highest BCUT2D eigenvalue weighted by molar-refractivity contribution is 7.89. The fourth-order valence-corrected chi connectivity index (χ4v) is 5.75. The lowest BCUT2D eigenvalue weighted by Crippen LogP contribution is -2.45. The van der Waals surface area contributed by atoms with Gasteiger partial charge in [0.2, 0.25) is 10.0 Å². The normalized spacial score (nSPS) is 20.8. The van der Waals surface area contributed by atoms with Crippen molar-refractivity contribution in [2.45, 2.75) is 49.5 Å². The van der Waals surface area contributed by atoms with Crippen molar-refractivity contribution in [1.82, 2.24) is 9.62 Å². The van der Waals surface area contributed by atoms with Crippen molar-refractivity contribution in [2.24, 2.45) is 5.92 Å². The summed E-state index contributed by atoms with van der Waals surface area (Å²) >= 11 is 0. The number of likely N-dealkylation sites (tertiary alicyclic amines) is 1. The Kier molecular flexibility index (Phi) is 5.30. The van der Waals surface area contributed by atoms with E-state index in [9.17, 15) is 8.42 Å². The Bertz CT molecular complexity index is 851. The Morgan fingerprint density at radius 1 is 0.923 bits per heavy atom. The number of piperidine rings is 1. The van der Waals surface area contributed by atoms with Crippen LogP contribution in [0.3, 0.4) is 0 Å². The SMILES string of the molecule is O=S(=O)(NC1CCN(CC2CCCC2)CC1)c1ccc2ccccc2c1. The van der Waals surface area contributed by atoms with E-state index in [1.807, 2.05) is 30.3 Å². The quantitative estimate of drug-likeness (QED) is 0.869. The van der Waals surface area contributed by atoms with Crippen LogP contribution < -0.4 is 4.72 Å². The monoisotopic (exact) mass is 372 g/mol. The molecule has 0 unspecified atom stereocenters. The van der Waals surface area contributed by atoms with Crippen LogP contribution in [-0.4, -0.2) is 39.0 Å². The highest BCUT2D eigenvalue weighted by Crippen LogP contribution is 2.27. The predicted molar refractivity (Wildman–Crippen MR) is 106 cm³/mol. The molecule has 2 aliphatic rings. The minimum atomic E-state index is -3.46. The Morgan fingerprint density at radius 3 is 2.35 bits per heavy atom. The van der Waals surface area contributed by atoms with Gasteiger partial charge in [-0.25, -0.2) is 13.1 Å². The van der Waals surface area contributed by atoms with Crippen molar-refractivity contribution in [3.63, 3.8) is 0 Å². The second-order valence-electron chi connectivity index (χ2n) is 7.86. The van der Waals surface area contributed by atoms with Crippen LogP contribution in [0.4, 0.5) is 0 Å². The lowest BCUT2D eigenvalue weighted by atomic mass is 10.0. The molecule has 1 saturated carbocycles. The second kappa shape index (κ2) is 7.67. The number of hydrogen-bond donors (Lipinski definition) is 1. The first-order valence-corrected chi connectivity index (χ1v) is 11.3. The maximum absolute atomic E-state index is 12.8. The van der Waals surface area contributed by atoms with Gasteiger partial charge in [0.05, 0.1) is 4.90 Å². The average molecular weight is 373 g/mol. The molecule has 2 aromatic rings.